The van der Waals surface area contributed by atoms with Crippen molar-refractivity contribution in [1.82, 2.24) is 19.7 Å². The standard InChI is InChI=1S/C8H6N4O2/c13-8(14)6-2-1-3-9-7(6)12-4-10-11-5-12/h1-5H,(H,13,14). The van der Waals surface area contributed by atoms with E-state index in [4.69, 9.17) is 5.11 Å². The van der Waals surface area contributed by atoms with E-state index in [2.05, 4.69) is 15.2 Å². The molecule has 0 aromatic carbocycles. The summed E-state index contributed by atoms with van der Waals surface area (Å²) in [6.07, 6.45) is 4.31. The van der Waals surface area contributed by atoms with Crippen molar-refractivity contribution in [2.24, 2.45) is 0 Å². The SMILES string of the molecule is O=C(O)c1cccnc1-n1cnnc1. The minimum absolute atomic E-state index is 0.118. The lowest BCUT2D eigenvalue weighted by molar-refractivity contribution is 0.0696. The molecule has 2 heterocycles. The number of aromatic nitrogens is 4. The van der Waals surface area contributed by atoms with Crippen LogP contribution in [0.25, 0.3) is 5.82 Å². The molecule has 2 aromatic heterocycles. The average molecular weight is 190 g/mol. The van der Waals surface area contributed by atoms with E-state index in [1.54, 1.807) is 6.07 Å². The summed E-state index contributed by atoms with van der Waals surface area (Å²) in [7, 11) is 0. The summed E-state index contributed by atoms with van der Waals surface area (Å²) in [6, 6.07) is 3.04. The third-order valence-electron chi connectivity index (χ3n) is 1.68. The summed E-state index contributed by atoms with van der Waals surface area (Å²) in [6.45, 7) is 0. The number of hydrogen-bond donors (Lipinski definition) is 1. The molecule has 2 aromatic rings. The Morgan fingerprint density at radius 2 is 2.07 bits per heavy atom. The lowest BCUT2D eigenvalue weighted by Crippen LogP contribution is -2.05. The predicted octanol–water partition coefficient (Wildman–Crippen LogP) is 0.360. The maximum absolute atomic E-state index is 10.8. The smallest absolute Gasteiger partial charge is 0.339 e. The fourth-order valence-electron chi connectivity index (χ4n) is 1.08. The van der Waals surface area contributed by atoms with Crippen molar-refractivity contribution in [3.63, 3.8) is 0 Å². The van der Waals surface area contributed by atoms with Crippen LogP contribution >= 0.6 is 0 Å². The van der Waals surface area contributed by atoms with Gasteiger partial charge in [0.1, 0.15) is 18.2 Å². The van der Waals surface area contributed by atoms with Gasteiger partial charge in [-0.15, -0.1) is 10.2 Å². The summed E-state index contributed by atoms with van der Waals surface area (Å²) in [5.74, 6) is -0.716. The van der Waals surface area contributed by atoms with Gasteiger partial charge in [-0.2, -0.15) is 0 Å². The van der Waals surface area contributed by atoms with Crippen molar-refractivity contribution in [1.29, 1.82) is 0 Å². The van der Waals surface area contributed by atoms with Crippen LogP contribution in [0.5, 0.6) is 0 Å². The zero-order valence-electron chi connectivity index (χ0n) is 7.03. The lowest BCUT2D eigenvalue weighted by atomic mass is 10.2. The first-order valence-electron chi connectivity index (χ1n) is 3.82. The van der Waals surface area contributed by atoms with E-state index in [1.807, 2.05) is 0 Å². The van der Waals surface area contributed by atoms with Gasteiger partial charge in [0.05, 0.1) is 0 Å². The number of rotatable bonds is 2. The topological polar surface area (TPSA) is 80.9 Å². The van der Waals surface area contributed by atoms with Crippen LogP contribution in [0.4, 0.5) is 0 Å². The van der Waals surface area contributed by atoms with E-state index < -0.39 is 5.97 Å². The molecule has 0 saturated carbocycles. The Bertz CT molecular complexity index is 452. The Morgan fingerprint density at radius 1 is 1.36 bits per heavy atom. The van der Waals surface area contributed by atoms with Crippen LogP contribution in [0.3, 0.4) is 0 Å². The van der Waals surface area contributed by atoms with Gasteiger partial charge >= 0.3 is 5.97 Å². The van der Waals surface area contributed by atoms with Gasteiger partial charge in [0.25, 0.3) is 0 Å². The number of carboxylic acid groups (broad SMARTS) is 1. The van der Waals surface area contributed by atoms with E-state index in [0.29, 0.717) is 5.82 Å². The zero-order chi connectivity index (χ0) is 9.97. The summed E-state index contributed by atoms with van der Waals surface area (Å²) >= 11 is 0. The predicted molar refractivity (Wildman–Crippen MR) is 46.1 cm³/mol. The minimum Gasteiger partial charge on any atom is -0.478 e. The normalized spacial score (nSPS) is 10.0. The number of carbonyl (C=O) groups is 1. The molecule has 0 atom stereocenters. The van der Waals surface area contributed by atoms with E-state index >= 15 is 0 Å². The number of aromatic carboxylic acids is 1. The Labute approximate surface area is 78.9 Å². The summed E-state index contributed by atoms with van der Waals surface area (Å²) in [5, 5.41) is 16.0. The van der Waals surface area contributed by atoms with Crippen molar-refractivity contribution in [2.75, 3.05) is 0 Å². The quantitative estimate of drug-likeness (QED) is 0.739. The summed E-state index contributed by atoms with van der Waals surface area (Å²) in [5.41, 5.74) is 0.118. The molecule has 0 aliphatic carbocycles. The molecule has 0 amide bonds. The lowest BCUT2D eigenvalue weighted by Gasteiger charge is -2.02. The van der Waals surface area contributed by atoms with Crippen molar-refractivity contribution in [3.8, 4) is 5.82 Å². The molecular formula is C8H6N4O2. The van der Waals surface area contributed by atoms with Crippen molar-refractivity contribution >= 4 is 5.97 Å². The summed E-state index contributed by atoms with van der Waals surface area (Å²) in [4.78, 5) is 14.8. The van der Waals surface area contributed by atoms with Gasteiger partial charge in [-0.05, 0) is 12.1 Å². The number of pyridine rings is 1. The monoisotopic (exact) mass is 190 g/mol. The van der Waals surface area contributed by atoms with Crippen LogP contribution in [0.15, 0.2) is 31.0 Å². The number of nitrogens with zero attached hydrogens (tertiary/aromatic N) is 4. The highest BCUT2D eigenvalue weighted by Gasteiger charge is 2.11. The molecule has 6 nitrogen and oxygen atoms in total. The first kappa shape index (κ1) is 8.36. The van der Waals surface area contributed by atoms with Crippen LogP contribution in [0, 0.1) is 0 Å². The van der Waals surface area contributed by atoms with Gasteiger partial charge in [-0.3, -0.25) is 4.57 Å². The van der Waals surface area contributed by atoms with E-state index in [9.17, 15) is 4.79 Å². The van der Waals surface area contributed by atoms with Crippen molar-refractivity contribution in [2.45, 2.75) is 0 Å². The van der Waals surface area contributed by atoms with E-state index in [0.717, 1.165) is 0 Å². The van der Waals surface area contributed by atoms with E-state index in [1.165, 1.54) is 29.5 Å². The molecule has 0 radical (unpaired) electrons. The second-order valence-electron chi connectivity index (χ2n) is 2.55. The Morgan fingerprint density at radius 3 is 2.71 bits per heavy atom. The molecule has 2 rings (SSSR count). The second kappa shape index (κ2) is 3.25. The first-order valence-corrected chi connectivity index (χ1v) is 3.82. The molecule has 0 unspecified atom stereocenters. The third kappa shape index (κ3) is 1.33. The third-order valence-corrected chi connectivity index (χ3v) is 1.68. The molecule has 6 heteroatoms. The van der Waals surface area contributed by atoms with Gasteiger partial charge in [0.15, 0.2) is 5.82 Å². The molecule has 14 heavy (non-hydrogen) atoms. The molecule has 0 aliphatic rings. The molecule has 1 N–H and O–H groups in total. The van der Waals surface area contributed by atoms with Gasteiger partial charge < -0.3 is 5.11 Å². The van der Waals surface area contributed by atoms with Crippen LogP contribution in [0.1, 0.15) is 10.4 Å². The Balaban J connectivity index is 2.58. The van der Waals surface area contributed by atoms with Gasteiger partial charge in [0, 0.05) is 6.20 Å². The van der Waals surface area contributed by atoms with Crippen molar-refractivity contribution in [3.05, 3.63) is 36.5 Å². The number of carboxylic acids is 1. The minimum atomic E-state index is -1.03. The Hall–Kier alpha value is -2.24. The van der Waals surface area contributed by atoms with Gasteiger partial charge in [0.2, 0.25) is 0 Å². The molecule has 0 bridgehead atoms. The molecular weight excluding hydrogens is 184 g/mol. The van der Waals surface area contributed by atoms with Crippen LogP contribution < -0.4 is 0 Å². The maximum atomic E-state index is 10.8. The second-order valence-corrected chi connectivity index (χ2v) is 2.55. The largest absolute Gasteiger partial charge is 0.478 e. The number of hydrogen-bond acceptors (Lipinski definition) is 4. The maximum Gasteiger partial charge on any atom is 0.339 e. The van der Waals surface area contributed by atoms with Crippen LogP contribution in [-0.2, 0) is 0 Å². The van der Waals surface area contributed by atoms with Crippen LogP contribution in [0.2, 0.25) is 0 Å². The van der Waals surface area contributed by atoms with Gasteiger partial charge in [-0.25, -0.2) is 9.78 Å². The Kier molecular flexibility index (Phi) is 1.94. The molecule has 0 spiro atoms. The van der Waals surface area contributed by atoms with E-state index in [-0.39, 0.29) is 5.56 Å². The zero-order valence-corrected chi connectivity index (χ0v) is 7.03. The fourth-order valence-corrected chi connectivity index (χ4v) is 1.08. The molecule has 70 valence electrons. The average Bonchev–Trinajstić information content (AvgIpc) is 2.70. The molecule has 0 aliphatic heterocycles. The highest BCUT2D eigenvalue weighted by molar-refractivity contribution is 5.90. The van der Waals surface area contributed by atoms with Crippen LogP contribution in [-0.4, -0.2) is 30.8 Å². The molecule has 0 fully saturated rings. The highest BCUT2D eigenvalue weighted by atomic mass is 16.4. The first-order chi connectivity index (χ1) is 6.79. The van der Waals surface area contributed by atoms with Crippen molar-refractivity contribution < 1.29 is 9.90 Å². The fraction of sp³-hybridized carbons (Fsp3) is 0. The highest BCUT2D eigenvalue weighted by Crippen LogP contribution is 2.09. The van der Waals surface area contributed by atoms with Gasteiger partial charge in [-0.1, -0.05) is 0 Å². The summed E-state index contributed by atoms with van der Waals surface area (Å²) < 4.78 is 1.45. The molecule has 0 saturated heterocycles.